The standard InChI is InChI=1S/C20H32O/c1-13-4-5-14-6-7-15-16-8-9-18(21)19(16,2)11-10-17(15)20(14,3)12-13/h4,14-18,21H,5-12H2,1-3H3/t14-,15+,16+,17+,18+,19+,20+/m1/s1. The fourth-order valence-corrected chi connectivity index (χ4v) is 7.19. The van der Waals surface area contributed by atoms with E-state index in [-0.39, 0.29) is 11.5 Å². The molecule has 21 heavy (non-hydrogen) atoms. The predicted octanol–water partition coefficient (Wildman–Crippen LogP) is 4.95. The lowest BCUT2D eigenvalue weighted by molar-refractivity contribution is -0.110. The monoisotopic (exact) mass is 288 g/mol. The maximum absolute atomic E-state index is 10.5. The lowest BCUT2D eigenvalue weighted by atomic mass is 9.45. The Bertz CT molecular complexity index is 466. The van der Waals surface area contributed by atoms with Gasteiger partial charge in [-0.3, -0.25) is 0 Å². The molecular formula is C20H32O. The highest BCUT2D eigenvalue weighted by molar-refractivity contribution is 5.16. The van der Waals surface area contributed by atoms with Crippen LogP contribution in [0.4, 0.5) is 0 Å². The van der Waals surface area contributed by atoms with Crippen LogP contribution in [-0.4, -0.2) is 11.2 Å². The van der Waals surface area contributed by atoms with Crippen LogP contribution in [0.2, 0.25) is 0 Å². The van der Waals surface area contributed by atoms with Crippen LogP contribution in [0.15, 0.2) is 11.6 Å². The first-order valence-corrected chi connectivity index (χ1v) is 9.29. The minimum atomic E-state index is -0.0260. The Labute approximate surface area is 130 Å². The highest BCUT2D eigenvalue weighted by atomic mass is 16.3. The Balaban J connectivity index is 1.66. The molecule has 0 heterocycles. The molecule has 118 valence electrons. The molecule has 1 N–H and O–H groups in total. The van der Waals surface area contributed by atoms with Crippen LogP contribution in [0.5, 0.6) is 0 Å². The quantitative estimate of drug-likeness (QED) is 0.626. The number of aliphatic hydroxyl groups is 1. The maximum Gasteiger partial charge on any atom is 0.0596 e. The number of hydrogen-bond acceptors (Lipinski definition) is 1. The van der Waals surface area contributed by atoms with Gasteiger partial charge in [0.25, 0.3) is 0 Å². The molecule has 0 spiro atoms. The van der Waals surface area contributed by atoms with Crippen LogP contribution >= 0.6 is 0 Å². The lowest BCUT2D eigenvalue weighted by Crippen LogP contribution is -2.53. The van der Waals surface area contributed by atoms with Gasteiger partial charge in [-0.2, -0.15) is 0 Å². The minimum Gasteiger partial charge on any atom is -0.393 e. The lowest BCUT2D eigenvalue weighted by Gasteiger charge is -2.60. The zero-order chi connectivity index (χ0) is 14.8. The molecule has 0 saturated heterocycles. The average molecular weight is 288 g/mol. The van der Waals surface area contributed by atoms with Gasteiger partial charge >= 0.3 is 0 Å². The highest BCUT2D eigenvalue weighted by Crippen LogP contribution is 2.66. The highest BCUT2D eigenvalue weighted by Gasteiger charge is 2.59. The van der Waals surface area contributed by atoms with Gasteiger partial charge in [-0.1, -0.05) is 25.5 Å². The summed E-state index contributed by atoms with van der Waals surface area (Å²) in [6, 6.07) is 0. The van der Waals surface area contributed by atoms with Crippen LogP contribution in [0, 0.1) is 34.5 Å². The Hall–Kier alpha value is -0.300. The van der Waals surface area contributed by atoms with Gasteiger partial charge in [0.15, 0.2) is 0 Å². The van der Waals surface area contributed by atoms with Crippen molar-refractivity contribution in [3.05, 3.63) is 11.6 Å². The summed E-state index contributed by atoms with van der Waals surface area (Å²) in [7, 11) is 0. The first-order valence-electron chi connectivity index (χ1n) is 9.29. The molecular weight excluding hydrogens is 256 g/mol. The molecule has 4 aliphatic carbocycles. The molecule has 0 aliphatic heterocycles. The van der Waals surface area contributed by atoms with E-state index in [1.54, 1.807) is 5.57 Å². The summed E-state index contributed by atoms with van der Waals surface area (Å²) in [6.07, 6.45) is 13.0. The van der Waals surface area contributed by atoms with E-state index in [2.05, 4.69) is 26.8 Å². The summed E-state index contributed by atoms with van der Waals surface area (Å²) in [6.45, 7) is 7.35. The largest absolute Gasteiger partial charge is 0.393 e. The fourth-order valence-electron chi connectivity index (χ4n) is 7.19. The molecule has 1 heteroatoms. The fraction of sp³-hybridized carbons (Fsp3) is 0.900. The van der Waals surface area contributed by atoms with E-state index in [1.807, 2.05) is 0 Å². The second-order valence-electron chi connectivity index (χ2n) is 9.26. The second kappa shape index (κ2) is 4.60. The van der Waals surface area contributed by atoms with Gasteiger partial charge in [0.2, 0.25) is 0 Å². The van der Waals surface area contributed by atoms with Crippen molar-refractivity contribution >= 4 is 0 Å². The zero-order valence-electron chi connectivity index (χ0n) is 14.1. The van der Waals surface area contributed by atoms with Crippen molar-refractivity contribution in [2.45, 2.75) is 78.2 Å². The van der Waals surface area contributed by atoms with E-state index in [0.29, 0.717) is 5.41 Å². The smallest absolute Gasteiger partial charge is 0.0596 e. The van der Waals surface area contributed by atoms with E-state index in [0.717, 1.165) is 30.1 Å². The molecule has 3 fully saturated rings. The minimum absolute atomic E-state index is 0.0260. The predicted molar refractivity (Wildman–Crippen MR) is 86.9 cm³/mol. The Kier molecular flexibility index (Phi) is 3.13. The normalized spacial score (nSPS) is 56.2. The molecule has 4 aliphatic rings. The zero-order valence-corrected chi connectivity index (χ0v) is 14.1. The van der Waals surface area contributed by atoms with Gasteiger partial charge in [-0.05, 0) is 92.8 Å². The summed E-state index contributed by atoms with van der Waals surface area (Å²) in [5, 5.41) is 10.5. The van der Waals surface area contributed by atoms with Crippen molar-refractivity contribution in [1.29, 1.82) is 0 Å². The molecule has 0 radical (unpaired) electrons. The molecule has 0 amide bonds. The number of fused-ring (bicyclic) bond motifs is 5. The number of hydrogen-bond donors (Lipinski definition) is 1. The number of rotatable bonds is 0. The average Bonchev–Trinajstić information content (AvgIpc) is 2.74. The molecule has 1 nitrogen and oxygen atoms in total. The summed E-state index contributed by atoms with van der Waals surface area (Å²) >= 11 is 0. The van der Waals surface area contributed by atoms with Gasteiger partial charge in [0.1, 0.15) is 0 Å². The van der Waals surface area contributed by atoms with Crippen molar-refractivity contribution in [3.8, 4) is 0 Å². The van der Waals surface area contributed by atoms with E-state index >= 15 is 0 Å². The Morgan fingerprint density at radius 1 is 1.00 bits per heavy atom. The molecule has 3 saturated carbocycles. The maximum atomic E-state index is 10.5. The van der Waals surface area contributed by atoms with Gasteiger partial charge in [-0.25, -0.2) is 0 Å². The number of allylic oxidation sites excluding steroid dienone is 2. The Morgan fingerprint density at radius 2 is 1.76 bits per heavy atom. The van der Waals surface area contributed by atoms with E-state index < -0.39 is 0 Å². The molecule has 0 unspecified atom stereocenters. The van der Waals surface area contributed by atoms with Crippen molar-refractivity contribution in [2.75, 3.05) is 0 Å². The van der Waals surface area contributed by atoms with Crippen molar-refractivity contribution in [3.63, 3.8) is 0 Å². The Morgan fingerprint density at radius 3 is 2.57 bits per heavy atom. The van der Waals surface area contributed by atoms with Crippen LogP contribution < -0.4 is 0 Å². The first kappa shape index (κ1) is 14.3. The molecule has 0 aromatic heterocycles. The number of aliphatic hydroxyl groups excluding tert-OH is 1. The van der Waals surface area contributed by atoms with Gasteiger partial charge < -0.3 is 5.11 Å². The molecule has 0 aromatic carbocycles. The molecule has 0 bridgehead atoms. The van der Waals surface area contributed by atoms with Crippen LogP contribution in [-0.2, 0) is 0 Å². The summed E-state index contributed by atoms with van der Waals surface area (Å²) in [5.41, 5.74) is 2.43. The van der Waals surface area contributed by atoms with Crippen LogP contribution in [0.3, 0.4) is 0 Å². The summed E-state index contributed by atoms with van der Waals surface area (Å²) in [5.74, 6) is 3.55. The third-order valence-corrected chi connectivity index (χ3v) is 8.43. The molecule has 7 atom stereocenters. The van der Waals surface area contributed by atoms with E-state index in [4.69, 9.17) is 0 Å². The van der Waals surface area contributed by atoms with Crippen molar-refractivity contribution < 1.29 is 5.11 Å². The van der Waals surface area contributed by atoms with Gasteiger partial charge in [-0.15, -0.1) is 0 Å². The van der Waals surface area contributed by atoms with Gasteiger partial charge in [0.05, 0.1) is 6.10 Å². The molecule has 4 rings (SSSR count). The first-order chi connectivity index (χ1) is 9.95. The summed E-state index contributed by atoms with van der Waals surface area (Å²) < 4.78 is 0. The third kappa shape index (κ3) is 1.85. The third-order valence-electron chi connectivity index (χ3n) is 8.43. The van der Waals surface area contributed by atoms with Crippen molar-refractivity contribution in [2.24, 2.45) is 34.5 Å². The van der Waals surface area contributed by atoms with E-state index in [9.17, 15) is 5.11 Å². The molecule has 0 aromatic rings. The van der Waals surface area contributed by atoms with Crippen LogP contribution in [0.25, 0.3) is 0 Å². The SMILES string of the molecule is CC1=CC[C@@H]2CC[C@@H]3[C@H](CC[C@]4(C)[C@@H](O)CC[C@@H]34)[C@@]2(C)C1. The topological polar surface area (TPSA) is 20.2 Å². The van der Waals surface area contributed by atoms with Crippen LogP contribution in [0.1, 0.15) is 72.1 Å². The second-order valence-corrected chi connectivity index (χ2v) is 9.26. The summed E-state index contributed by atoms with van der Waals surface area (Å²) in [4.78, 5) is 0. The van der Waals surface area contributed by atoms with E-state index in [1.165, 1.54) is 44.9 Å². The van der Waals surface area contributed by atoms with Crippen molar-refractivity contribution in [1.82, 2.24) is 0 Å². The van der Waals surface area contributed by atoms with Gasteiger partial charge in [0, 0.05) is 0 Å².